The van der Waals surface area contributed by atoms with E-state index < -0.39 is 0 Å². The van der Waals surface area contributed by atoms with Gasteiger partial charge in [0.15, 0.2) is 0 Å². The van der Waals surface area contributed by atoms with Crippen LogP contribution in [-0.2, 0) is 6.42 Å². The van der Waals surface area contributed by atoms with Gasteiger partial charge in [-0.1, -0.05) is 29.8 Å². The number of benzene rings is 1. The molecule has 1 aliphatic rings. The van der Waals surface area contributed by atoms with Gasteiger partial charge in [0.1, 0.15) is 5.82 Å². The fraction of sp³-hybridized carbons (Fsp3) is 0.625. The van der Waals surface area contributed by atoms with E-state index in [1.807, 2.05) is 6.07 Å². The van der Waals surface area contributed by atoms with Crippen LogP contribution in [0.5, 0.6) is 0 Å². The van der Waals surface area contributed by atoms with Crippen molar-refractivity contribution in [3.8, 4) is 0 Å². The largest absolute Gasteiger partial charge is 0.316 e. The van der Waals surface area contributed by atoms with Crippen LogP contribution in [0.25, 0.3) is 0 Å². The Bertz CT molecular complexity index is 431. The topological polar surface area (TPSA) is 12.0 Å². The van der Waals surface area contributed by atoms with E-state index in [2.05, 4.69) is 35.1 Å². The zero-order valence-corrected chi connectivity index (χ0v) is 13.4. The summed E-state index contributed by atoms with van der Waals surface area (Å²) in [5.41, 5.74) is 1.33. The maximum atomic E-state index is 13.4. The molecule has 0 aromatic heterocycles. The number of hydrogen-bond acceptors (Lipinski definition) is 1. The van der Waals surface area contributed by atoms with Gasteiger partial charge in [-0.05, 0) is 67.3 Å². The highest BCUT2D eigenvalue weighted by Crippen LogP contribution is 2.47. The first-order valence-corrected chi connectivity index (χ1v) is 7.99. The van der Waals surface area contributed by atoms with Gasteiger partial charge in [-0.25, -0.2) is 4.39 Å². The SMILES string of the molecule is CCCNCC(C)(Cc1cc(F)ccc1Br)C1CC1. The number of hydrogen-bond donors (Lipinski definition) is 1. The summed E-state index contributed by atoms with van der Waals surface area (Å²) >= 11 is 3.55. The smallest absolute Gasteiger partial charge is 0.123 e. The molecule has 1 aromatic carbocycles. The zero-order chi connectivity index (χ0) is 13.9. The van der Waals surface area contributed by atoms with Gasteiger partial charge in [0, 0.05) is 11.0 Å². The maximum absolute atomic E-state index is 13.4. The Kier molecular flexibility index (Phi) is 5.02. The van der Waals surface area contributed by atoms with Crippen LogP contribution in [0.4, 0.5) is 4.39 Å². The van der Waals surface area contributed by atoms with Crippen LogP contribution in [0.15, 0.2) is 22.7 Å². The quantitative estimate of drug-likeness (QED) is 0.724. The van der Waals surface area contributed by atoms with Crippen molar-refractivity contribution in [1.29, 1.82) is 0 Å². The molecular formula is C16H23BrFN. The number of nitrogens with one attached hydrogen (secondary N) is 1. The second-order valence-corrected chi connectivity index (χ2v) is 6.87. The molecule has 0 saturated heterocycles. The first-order valence-electron chi connectivity index (χ1n) is 7.20. The summed E-state index contributed by atoms with van der Waals surface area (Å²) in [5.74, 6) is 0.643. The van der Waals surface area contributed by atoms with Crippen molar-refractivity contribution in [2.24, 2.45) is 11.3 Å². The predicted molar refractivity (Wildman–Crippen MR) is 81.8 cm³/mol. The van der Waals surface area contributed by atoms with E-state index in [9.17, 15) is 4.39 Å². The third kappa shape index (κ3) is 4.03. The Morgan fingerprint density at radius 2 is 2.16 bits per heavy atom. The highest BCUT2D eigenvalue weighted by molar-refractivity contribution is 9.10. The minimum atomic E-state index is -0.141. The molecule has 3 heteroatoms. The van der Waals surface area contributed by atoms with E-state index in [1.54, 1.807) is 6.07 Å². The first kappa shape index (κ1) is 15.0. The van der Waals surface area contributed by atoms with Gasteiger partial charge in [-0.3, -0.25) is 0 Å². The fourth-order valence-electron chi connectivity index (χ4n) is 2.80. The van der Waals surface area contributed by atoms with Gasteiger partial charge in [-0.2, -0.15) is 0 Å². The zero-order valence-electron chi connectivity index (χ0n) is 11.8. The Morgan fingerprint density at radius 3 is 2.79 bits per heavy atom. The first-order chi connectivity index (χ1) is 9.05. The molecule has 1 nitrogen and oxygen atoms in total. The monoisotopic (exact) mass is 327 g/mol. The highest BCUT2D eigenvalue weighted by Gasteiger charge is 2.41. The Morgan fingerprint density at radius 1 is 1.42 bits per heavy atom. The fourth-order valence-corrected chi connectivity index (χ4v) is 3.18. The second kappa shape index (κ2) is 6.36. The Hall–Kier alpha value is -0.410. The van der Waals surface area contributed by atoms with Crippen molar-refractivity contribution in [1.82, 2.24) is 5.32 Å². The van der Waals surface area contributed by atoms with Crippen LogP contribution >= 0.6 is 15.9 Å². The van der Waals surface area contributed by atoms with E-state index >= 15 is 0 Å². The molecule has 0 aliphatic heterocycles. The lowest BCUT2D eigenvalue weighted by molar-refractivity contribution is 0.255. The normalized spacial score (nSPS) is 18.3. The van der Waals surface area contributed by atoms with E-state index in [0.717, 1.165) is 41.9 Å². The van der Waals surface area contributed by atoms with Gasteiger partial charge in [-0.15, -0.1) is 0 Å². The minimum Gasteiger partial charge on any atom is -0.316 e. The average Bonchev–Trinajstić information content (AvgIpc) is 3.19. The molecule has 2 rings (SSSR count). The molecule has 0 amide bonds. The Labute approximate surface area is 124 Å². The van der Waals surface area contributed by atoms with Crippen molar-refractivity contribution in [3.63, 3.8) is 0 Å². The predicted octanol–water partition coefficient (Wildman–Crippen LogP) is 4.55. The van der Waals surface area contributed by atoms with Crippen LogP contribution in [-0.4, -0.2) is 13.1 Å². The minimum absolute atomic E-state index is 0.141. The second-order valence-electron chi connectivity index (χ2n) is 6.02. The standard InChI is InChI=1S/C16H23BrFN/c1-3-8-19-11-16(2,13-4-5-13)10-12-9-14(18)6-7-15(12)17/h6-7,9,13,19H,3-5,8,10-11H2,1-2H3. The van der Waals surface area contributed by atoms with Crippen LogP contribution in [0.1, 0.15) is 38.7 Å². The molecular weight excluding hydrogens is 305 g/mol. The lowest BCUT2D eigenvalue weighted by Crippen LogP contribution is -2.36. The van der Waals surface area contributed by atoms with Crippen LogP contribution in [0, 0.1) is 17.2 Å². The molecule has 106 valence electrons. The Balaban J connectivity index is 2.09. The molecule has 19 heavy (non-hydrogen) atoms. The van der Waals surface area contributed by atoms with Crippen molar-refractivity contribution in [3.05, 3.63) is 34.1 Å². The van der Waals surface area contributed by atoms with Crippen LogP contribution < -0.4 is 5.32 Å². The van der Waals surface area contributed by atoms with Gasteiger partial charge < -0.3 is 5.32 Å². The summed E-state index contributed by atoms with van der Waals surface area (Å²) in [6.45, 7) is 6.61. The average molecular weight is 328 g/mol. The molecule has 0 radical (unpaired) electrons. The van der Waals surface area contributed by atoms with Crippen LogP contribution in [0.3, 0.4) is 0 Å². The summed E-state index contributed by atoms with van der Waals surface area (Å²) in [6.07, 6.45) is 4.73. The number of rotatable bonds is 7. The molecule has 1 aliphatic carbocycles. The lowest BCUT2D eigenvalue weighted by atomic mass is 9.79. The summed E-state index contributed by atoms with van der Waals surface area (Å²) in [6, 6.07) is 5.00. The van der Waals surface area contributed by atoms with E-state index in [-0.39, 0.29) is 11.2 Å². The lowest BCUT2D eigenvalue weighted by Gasteiger charge is -2.31. The van der Waals surface area contributed by atoms with Gasteiger partial charge in [0.25, 0.3) is 0 Å². The van der Waals surface area contributed by atoms with E-state index in [0.29, 0.717) is 0 Å². The summed E-state index contributed by atoms with van der Waals surface area (Å²) in [5, 5.41) is 3.54. The van der Waals surface area contributed by atoms with E-state index in [4.69, 9.17) is 0 Å². The third-order valence-corrected chi connectivity index (χ3v) is 4.89. The van der Waals surface area contributed by atoms with Gasteiger partial charge in [0.05, 0.1) is 0 Å². The van der Waals surface area contributed by atoms with Crippen molar-refractivity contribution in [2.45, 2.75) is 39.5 Å². The van der Waals surface area contributed by atoms with Crippen LogP contribution in [0.2, 0.25) is 0 Å². The molecule has 1 N–H and O–H groups in total. The van der Waals surface area contributed by atoms with Crippen molar-refractivity contribution < 1.29 is 4.39 Å². The van der Waals surface area contributed by atoms with Gasteiger partial charge >= 0.3 is 0 Å². The molecule has 0 spiro atoms. The molecule has 1 fully saturated rings. The van der Waals surface area contributed by atoms with Gasteiger partial charge in [0.2, 0.25) is 0 Å². The maximum Gasteiger partial charge on any atom is 0.123 e. The highest BCUT2D eigenvalue weighted by atomic mass is 79.9. The molecule has 1 unspecified atom stereocenters. The van der Waals surface area contributed by atoms with Crippen molar-refractivity contribution >= 4 is 15.9 Å². The summed E-state index contributed by atoms with van der Waals surface area (Å²) < 4.78 is 14.4. The third-order valence-electron chi connectivity index (χ3n) is 4.12. The molecule has 1 saturated carbocycles. The van der Waals surface area contributed by atoms with E-state index in [1.165, 1.54) is 18.9 Å². The number of halogens is 2. The molecule has 1 aromatic rings. The van der Waals surface area contributed by atoms with Crippen molar-refractivity contribution in [2.75, 3.05) is 13.1 Å². The summed E-state index contributed by atoms with van der Waals surface area (Å²) in [4.78, 5) is 0. The molecule has 1 atom stereocenters. The molecule has 0 bridgehead atoms. The molecule has 0 heterocycles. The summed E-state index contributed by atoms with van der Waals surface area (Å²) in [7, 11) is 0.